The third-order valence-corrected chi connectivity index (χ3v) is 3.27. The molecule has 3 N–H and O–H groups in total. The van der Waals surface area contributed by atoms with Gasteiger partial charge < -0.3 is 20.7 Å². The number of hydrogen-bond donors (Lipinski definition) is 2. The zero-order valence-electron chi connectivity index (χ0n) is 14.0. The minimum Gasteiger partial charge on any atom is -0.383 e. The van der Waals surface area contributed by atoms with E-state index in [1.807, 2.05) is 19.2 Å². The molecule has 0 saturated carbocycles. The molecule has 0 aliphatic heterocycles. The smallest absolute Gasteiger partial charge is 0.193 e. The van der Waals surface area contributed by atoms with E-state index in [9.17, 15) is 0 Å². The third-order valence-electron chi connectivity index (χ3n) is 3.27. The highest BCUT2D eigenvalue weighted by molar-refractivity contribution is 14.0. The fourth-order valence-corrected chi connectivity index (χ4v) is 1.86. The topological polar surface area (TPSA) is 62.9 Å². The number of rotatable bonds is 8. The number of nitrogens with one attached hydrogen (secondary N) is 1. The number of ether oxygens (including phenoxy) is 1. The van der Waals surface area contributed by atoms with Crippen molar-refractivity contribution in [3.05, 3.63) is 29.8 Å². The molecule has 0 aliphatic carbocycles. The maximum atomic E-state index is 5.91. The molecule has 0 radical (unpaired) electrons. The number of hydrogen-bond acceptors (Lipinski definition) is 3. The van der Waals surface area contributed by atoms with Gasteiger partial charge in [-0.1, -0.05) is 26.0 Å². The predicted octanol–water partition coefficient (Wildman–Crippen LogP) is 2.73. The molecule has 1 rings (SSSR count). The summed E-state index contributed by atoms with van der Waals surface area (Å²) in [4.78, 5) is 6.51. The Morgan fingerprint density at radius 3 is 2.73 bits per heavy atom. The lowest BCUT2D eigenvalue weighted by molar-refractivity contribution is 0.163. The molecule has 0 aromatic heterocycles. The van der Waals surface area contributed by atoms with Crippen LogP contribution in [0.15, 0.2) is 29.3 Å². The lowest BCUT2D eigenvalue weighted by atomic mass is 10.0. The number of methoxy groups -OCH3 is 1. The Kier molecular flexibility index (Phi) is 11.2. The SMILES string of the molecule is COCCN(C)CCN=C(N)Nc1cccc(C(C)C)c1.I. The fourth-order valence-electron chi connectivity index (χ4n) is 1.86. The van der Waals surface area contributed by atoms with Crippen molar-refractivity contribution in [2.24, 2.45) is 10.7 Å². The minimum atomic E-state index is 0. The molecule has 0 spiro atoms. The predicted molar refractivity (Wildman–Crippen MR) is 105 cm³/mol. The molecular weight excluding hydrogens is 391 g/mol. The minimum absolute atomic E-state index is 0. The second kappa shape index (κ2) is 11.7. The summed E-state index contributed by atoms with van der Waals surface area (Å²) in [6.07, 6.45) is 0. The number of likely N-dealkylation sites (N-methyl/N-ethyl adjacent to an activating group) is 1. The number of guanidine groups is 1. The quantitative estimate of drug-likeness (QED) is 0.386. The lowest BCUT2D eigenvalue weighted by Crippen LogP contribution is -2.28. The first-order valence-electron chi connectivity index (χ1n) is 7.37. The zero-order valence-corrected chi connectivity index (χ0v) is 16.3. The van der Waals surface area contributed by atoms with Gasteiger partial charge in [-0.15, -0.1) is 24.0 Å². The van der Waals surface area contributed by atoms with Crippen LogP contribution in [0.3, 0.4) is 0 Å². The van der Waals surface area contributed by atoms with E-state index in [-0.39, 0.29) is 24.0 Å². The molecule has 22 heavy (non-hydrogen) atoms. The maximum absolute atomic E-state index is 5.91. The molecule has 6 heteroatoms. The Morgan fingerprint density at radius 1 is 1.36 bits per heavy atom. The summed E-state index contributed by atoms with van der Waals surface area (Å²) in [6, 6.07) is 8.26. The summed E-state index contributed by atoms with van der Waals surface area (Å²) in [5, 5.41) is 3.14. The summed E-state index contributed by atoms with van der Waals surface area (Å²) in [6.45, 7) is 7.51. The molecule has 0 aliphatic rings. The van der Waals surface area contributed by atoms with Crippen LogP contribution in [0.5, 0.6) is 0 Å². The summed E-state index contributed by atoms with van der Waals surface area (Å²) in [5.74, 6) is 0.954. The second-order valence-corrected chi connectivity index (χ2v) is 5.47. The molecule has 0 fully saturated rings. The summed E-state index contributed by atoms with van der Waals surface area (Å²) >= 11 is 0. The zero-order chi connectivity index (χ0) is 15.7. The summed E-state index contributed by atoms with van der Waals surface area (Å²) < 4.78 is 5.03. The van der Waals surface area contributed by atoms with E-state index in [2.05, 4.69) is 41.2 Å². The fraction of sp³-hybridized carbons (Fsp3) is 0.562. The van der Waals surface area contributed by atoms with Crippen molar-refractivity contribution in [2.45, 2.75) is 19.8 Å². The van der Waals surface area contributed by atoms with Gasteiger partial charge in [0.2, 0.25) is 0 Å². The molecule has 126 valence electrons. The second-order valence-electron chi connectivity index (χ2n) is 5.47. The first-order valence-corrected chi connectivity index (χ1v) is 7.37. The van der Waals surface area contributed by atoms with E-state index in [1.165, 1.54) is 5.56 Å². The van der Waals surface area contributed by atoms with Crippen LogP contribution in [0.2, 0.25) is 0 Å². The van der Waals surface area contributed by atoms with Crippen LogP contribution in [0.25, 0.3) is 0 Å². The molecule has 5 nitrogen and oxygen atoms in total. The van der Waals surface area contributed by atoms with Gasteiger partial charge in [-0.25, -0.2) is 0 Å². The van der Waals surface area contributed by atoms with Gasteiger partial charge in [0.05, 0.1) is 13.2 Å². The van der Waals surface area contributed by atoms with Crippen LogP contribution >= 0.6 is 24.0 Å². The Morgan fingerprint density at radius 2 is 2.09 bits per heavy atom. The van der Waals surface area contributed by atoms with Crippen LogP contribution in [0.4, 0.5) is 5.69 Å². The molecule has 0 atom stereocenters. The molecule has 0 unspecified atom stereocenters. The molecule has 0 amide bonds. The Hall–Kier alpha value is -0.860. The van der Waals surface area contributed by atoms with Gasteiger partial charge in [0.25, 0.3) is 0 Å². The van der Waals surface area contributed by atoms with Gasteiger partial charge in [-0.2, -0.15) is 0 Å². The normalized spacial score (nSPS) is 11.6. The number of nitrogens with two attached hydrogens (primary N) is 1. The van der Waals surface area contributed by atoms with Crippen LogP contribution in [0.1, 0.15) is 25.3 Å². The Labute approximate surface area is 151 Å². The van der Waals surface area contributed by atoms with Gasteiger partial charge in [-0.05, 0) is 30.7 Å². The van der Waals surface area contributed by atoms with Gasteiger partial charge in [-0.3, -0.25) is 4.99 Å². The standard InChI is InChI=1S/C16H28N4O.HI/c1-13(2)14-6-5-7-15(12-14)19-16(17)18-8-9-20(3)10-11-21-4;/h5-7,12-13H,8-11H2,1-4H3,(H3,17,18,19);1H. The molecule has 1 aromatic carbocycles. The monoisotopic (exact) mass is 420 g/mol. The van der Waals surface area contributed by atoms with Gasteiger partial charge in [0, 0.05) is 25.9 Å². The van der Waals surface area contributed by atoms with E-state index in [1.54, 1.807) is 7.11 Å². The van der Waals surface area contributed by atoms with E-state index < -0.39 is 0 Å². The average Bonchev–Trinajstić information content (AvgIpc) is 2.45. The highest BCUT2D eigenvalue weighted by atomic mass is 127. The number of benzene rings is 1. The van der Waals surface area contributed by atoms with E-state index in [4.69, 9.17) is 10.5 Å². The van der Waals surface area contributed by atoms with Crippen molar-refractivity contribution >= 4 is 35.6 Å². The van der Waals surface area contributed by atoms with Crippen molar-refractivity contribution in [3.63, 3.8) is 0 Å². The number of nitrogens with zero attached hydrogens (tertiary/aromatic N) is 2. The Bertz CT molecular complexity index is 452. The maximum Gasteiger partial charge on any atom is 0.193 e. The largest absolute Gasteiger partial charge is 0.383 e. The van der Waals surface area contributed by atoms with Crippen molar-refractivity contribution in [3.8, 4) is 0 Å². The average molecular weight is 420 g/mol. The Balaban J connectivity index is 0.00000441. The number of halogens is 1. The molecular formula is C16H29IN4O. The number of aliphatic imine (C=N–C) groups is 1. The van der Waals surface area contributed by atoms with Crippen molar-refractivity contribution < 1.29 is 4.74 Å². The van der Waals surface area contributed by atoms with Gasteiger partial charge >= 0.3 is 0 Å². The van der Waals surface area contributed by atoms with Crippen molar-refractivity contribution in [2.75, 3.05) is 45.7 Å². The van der Waals surface area contributed by atoms with Crippen LogP contribution in [0, 0.1) is 0 Å². The molecule has 0 heterocycles. The summed E-state index contributed by atoms with van der Waals surface area (Å²) in [5.41, 5.74) is 8.18. The van der Waals surface area contributed by atoms with Crippen molar-refractivity contribution in [1.82, 2.24) is 4.90 Å². The first kappa shape index (κ1) is 21.1. The van der Waals surface area contributed by atoms with E-state index >= 15 is 0 Å². The van der Waals surface area contributed by atoms with Crippen LogP contribution < -0.4 is 11.1 Å². The van der Waals surface area contributed by atoms with Gasteiger partial charge in [0.1, 0.15) is 0 Å². The summed E-state index contributed by atoms with van der Waals surface area (Å²) in [7, 11) is 3.75. The number of anilines is 1. The highest BCUT2D eigenvalue weighted by Crippen LogP contribution is 2.18. The van der Waals surface area contributed by atoms with Crippen LogP contribution in [-0.4, -0.2) is 51.3 Å². The van der Waals surface area contributed by atoms with Gasteiger partial charge in [0.15, 0.2) is 5.96 Å². The van der Waals surface area contributed by atoms with Crippen LogP contribution in [-0.2, 0) is 4.74 Å². The third kappa shape index (κ3) is 8.55. The molecule has 0 bridgehead atoms. The molecule has 0 saturated heterocycles. The van der Waals surface area contributed by atoms with E-state index in [0.717, 1.165) is 25.4 Å². The highest BCUT2D eigenvalue weighted by Gasteiger charge is 2.01. The first-order chi connectivity index (χ1) is 10.0. The molecule has 1 aromatic rings. The van der Waals surface area contributed by atoms with Crippen molar-refractivity contribution in [1.29, 1.82) is 0 Å². The lowest BCUT2D eigenvalue weighted by Gasteiger charge is -2.14. The van der Waals surface area contributed by atoms with E-state index in [0.29, 0.717) is 18.4 Å².